The van der Waals surface area contributed by atoms with Crippen LogP contribution in [0.2, 0.25) is 0 Å². The molecular formula is C14H14N6O2S. The number of thiazole rings is 1. The number of amides is 1. The molecule has 1 amide bonds. The lowest BCUT2D eigenvalue weighted by molar-refractivity contribution is -0.122. The third kappa shape index (κ3) is 3.69. The fourth-order valence-electron chi connectivity index (χ4n) is 1.83. The van der Waals surface area contributed by atoms with Gasteiger partial charge in [0.1, 0.15) is 12.1 Å². The minimum absolute atomic E-state index is 0.246. The molecular weight excluding hydrogens is 316 g/mol. The quantitative estimate of drug-likeness (QED) is 0.767. The van der Waals surface area contributed by atoms with Gasteiger partial charge >= 0.3 is 0 Å². The number of ether oxygens (including phenoxy) is 1. The van der Waals surface area contributed by atoms with Gasteiger partial charge in [-0.2, -0.15) is 0 Å². The third-order valence-corrected chi connectivity index (χ3v) is 3.86. The molecule has 0 bridgehead atoms. The van der Waals surface area contributed by atoms with Crippen molar-refractivity contribution in [3.8, 4) is 11.4 Å². The number of nitrogens with one attached hydrogen (secondary N) is 1. The second kappa shape index (κ2) is 6.53. The number of carbonyl (C=O) groups is 1. The molecule has 0 aliphatic carbocycles. The van der Waals surface area contributed by atoms with Gasteiger partial charge in [0.2, 0.25) is 0 Å². The Morgan fingerprint density at radius 3 is 2.74 bits per heavy atom. The van der Waals surface area contributed by atoms with Crippen LogP contribution >= 0.6 is 11.3 Å². The van der Waals surface area contributed by atoms with Gasteiger partial charge in [-0.25, -0.2) is 9.67 Å². The first-order valence-corrected chi connectivity index (χ1v) is 7.73. The predicted molar refractivity (Wildman–Crippen MR) is 84.7 cm³/mol. The number of hydrogen-bond donors (Lipinski definition) is 1. The summed E-state index contributed by atoms with van der Waals surface area (Å²) in [6.07, 6.45) is 0.861. The van der Waals surface area contributed by atoms with Crippen molar-refractivity contribution < 1.29 is 9.53 Å². The highest BCUT2D eigenvalue weighted by Crippen LogP contribution is 2.18. The monoisotopic (exact) mass is 330 g/mol. The maximum atomic E-state index is 12.1. The fourth-order valence-corrected chi connectivity index (χ4v) is 2.52. The molecule has 23 heavy (non-hydrogen) atoms. The first-order valence-electron chi connectivity index (χ1n) is 6.85. The second-order valence-corrected chi connectivity index (χ2v) is 5.65. The maximum Gasteiger partial charge on any atom is 0.266 e. The van der Waals surface area contributed by atoms with Gasteiger partial charge in [0.05, 0.1) is 11.4 Å². The zero-order chi connectivity index (χ0) is 16.2. The van der Waals surface area contributed by atoms with Gasteiger partial charge in [0.25, 0.3) is 5.91 Å². The summed E-state index contributed by atoms with van der Waals surface area (Å²) in [7, 11) is 0. The molecule has 0 saturated carbocycles. The highest BCUT2D eigenvalue weighted by Gasteiger charge is 2.16. The van der Waals surface area contributed by atoms with Crippen LogP contribution in [0.5, 0.6) is 5.75 Å². The zero-order valence-electron chi connectivity index (χ0n) is 12.5. The Bertz CT molecular complexity index is 784. The first kappa shape index (κ1) is 15.1. The van der Waals surface area contributed by atoms with Crippen LogP contribution in [0.25, 0.3) is 5.69 Å². The molecule has 3 aromatic rings. The van der Waals surface area contributed by atoms with Crippen LogP contribution in [0, 0.1) is 6.92 Å². The van der Waals surface area contributed by atoms with E-state index in [0.717, 1.165) is 11.4 Å². The number of benzene rings is 1. The lowest BCUT2D eigenvalue weighted by Gasteiger charge is -2.14. The summed E-state index contributed by atoms with van der Waals surface area (Å²) >= 11 is 1.38. The van der Waals surface area contributed by atoms with Crippen LogP contribution in [0.1, 0.15) is 12.6 Å². The highest BCUT2D eigenvalue weighted by molar-refractivity contribution is 7.13. The third-order valence-electron chi connectivity index (χ3n) is 2.98. The van der Waals surface area contributed by atoms with E-state index in [1.54, 1.807) is 31.2 Å². The van der Waals surface area contributed by atoms with Gasteiger partial charge in [-0.15, -0.1) is 16.4 Å². The molecule has 1 unspecified atom stereocenters. The van der Waals surface area contributed by atoms with Crippen molar-refractivity contribution in [1.82, 2.24) is 25.2 Å². The Morgan fingerprint density at radius 2 is 2.13 bits per heavy atom. The number of aryl methyl sites for hydroxylation is 1. The molecule has 2 aromatic heterocycles. The largest absolute Gasteiger partial charge is 0.481 e. The van der Waals surface area contributed by atoms with Crippen LogP contribution in [0.3, 0.4) is 0 Å². The lowest BCUT2D eigenvalue weighted by Crippen LogP contribution is -2.30. The van der Waals surface area contributed by atoms with E-state index in [1.807, 2.05) is 12.3 Å². The minimum atomic E-state index is -0.641. The Labute approximate surface area is 136 Å². The number of anilines is 1. The maximum absolute atomic E-state index is 12.1. The Balaban J connectivity index is 1.61. The molecule has 0 fully saturated rings. The fraction of sp³-hybridized carbons (Fsp3) is 0.214. The normalized spacial score (nSPS) is 11.9. The number of nitrogens with zero attached hydrogens (tertiary/aromatic N) is 5. The van der Waals surface area contributed by atoms with Crippen LogP contribution in [-0.4, -0.2) is 37.2 Å². The summed E-state index contributed by atoms with van der Waals surface area (Å²) < 4.78 is 7.16. The first-order chi connectivity index (χ1) is 11.1. The average molecular weight is 330 g/mol. The van der Waals surface area contributed by atoms with Crippen molar-refractivity contribution in [2.45, 2.75) is 20.0 Å². The molecule has 1 N–H and O–H groups in total. The van der Waals surface area contributed by atoms with Crippen molar-refractivity contribution in [2.75, 3.05) is 5.32 Å². The van der Waals surface area contributed by atoms with Crippen LogP contribution in [-0.2, 0) is 4.79 Å². The number of tetrazole rings is 1. The van der Waals surface area contributed by atoms with E-state index in [-0.39, 0.29) is 5.91 Å². The molecule has 2 heterocycles. The lowest BCUT2D eigenvalue weighted by atomic mass is 10.3. The summed E-state index contributed by atoms with van der Waals surface area (Å²) in [5, 5.41) is 16.1. The summed E-state index contributed by atoms with van der Waals surface area (Å²) in [5.41, 5.74) is 1.68. The van der Waals surface area contributed by atoms with Crippen LogP contribution < -0.4 is 10.1 Å². The summed E-state index contributed by atoms with van der Waals surface area (Å²) in [6.45, 7) is 3.56. The van der Waals surface area contributed by atoms with Crippen molar-refractivity contribution in [3.63, 3.8) is 0 Å². The highest BCUT2D eigenvalue weighted by atomic mass is 32.1. The molecule has 8 nitrogen and oxygen atoms in total. The molecule has 3 rings (SSSR count). The van der Waals surface area contributed by atoms with E-state index in [4.69, 9.17) is 4.74 Å². The topological polar surface area (TPSA) is 94.8 Å². The summed E-state index contributed by atoms with van der Waals surface area (Å²) in [5.74, 6) is 0.337. The smallest absolute Gasteiger partial charge is 0.266 e. The standard InChI is InChI=1S/C14H14N6O2S/c1-9-7-23-14(16-9)17-13(21)10(2)22-12-5-3-11(4-6-12)20-8-15-18-19-20/h3-8,10H,1-2H3,(H,16,17,21). The second-order valence-electron chi connectivity index (χ2n) is 4.79. The summed E-state index contributed by atoms with van der Waals surface area (Å²) in [6, 6.07) is 7.13. The van der Waals surface area contributed by atoms with Crippen molar-refractivity contribution in [3.05, 3.63) is 41.7 Å². The molecule has 0 aliphatic rings. The van der Waals surface area contributed by atoms with Gasteiger partial charge in [0, 0.05) is 5.38 Å². The number of rotatable bonds is 5. The molecule has 0 aliphatic heterocycles. The average Bonchev–Trinajstić information content (AvgIpc) is 3.20. The van der Waals surface area contributed by atoms with Crippen LogP contribution in [0.4, 0.5) is 5.13 Å². The predicted octanol–water partition coefficient (Wildman–Crippen LogP) is 1.83. The van der Waals surface area contributed by atoms with Crippen molar-refractivity contribution >= 4 is 22.4 Å². The number of hydrogen-bond acceptors (Lipinski definition) is 7. The SMILES string of the molecule is Cc1csc(NC(=O)C(C)Oc2ccc(-n3cnnn3)cc2)n1. The Morgan fingerprint density at radius 1 is 1.35 bits per heavy atom. The molecule has 118 valence electrons. The molecule has 1 atom stereocenters. The van der Waals surface area contributed by atoms with Gasteiger partial charge in [0.15, 0.2) is 11.2 Å². The van der Waals surface area contributed by atoms with E-state index in [1.165, 1.54) is 22.3 Å². The van der Waals surface area contributed by atoms with E-state index in [0.29, 0.717) is 10.9 Å². The van der Waals surface area contributed by atoms with Gasteiger partial charge < -0.3 is 4.74 Å². The molecule has 0 saturated heterocycles. The van der Waals surface area contributed by atoms with E-state index in [2.05, 4.69) is 25.8 Å². The Kier molecular flexibility index (Phi) is 4.29. The van der Waals surface area contributed by atoms with Gasteiger partial charge in [-0.1, -0.05) is 0 Å². The van der Waals surface area contributed by atoms with Gasteiger partial charge in [-0.3, -0.25) is 10.1 Å². The van der Waals surface area contributed by atoms with Crippen molar-refractivity contribution in [2.24, 2.45) is 0 Å². The van der Waals surface area contributed by atoms with Crippen molar-refractivity contribution in [1.29, 1.82) is 0 Å². The molecule has 9 heteroatoms. The van der Waals surface area contributed by atoms with E-state index >= 15 is 0 Å². The molecule has 0 radical (unpaired) electrons. The number of aromatic nitrogens is 5. The van der Waals surface area contributed by atoms with Gasteiger partial charge in [-0.05, 0) is 48.5 Å². The summed E-state index contributed by atoms with van der Waals surface area (Å²) in [4.78, 5) is 16.3. The molecule has 1 aromatic carbocycles. The number of carbonyl (C=O) groups excluding carboxylic acids is 1. The zero-order valence-corrected chi connectivity index (χ0v) is 13.3. The molecule has 0 spiro atoms. The Hall–Kier alpha value is -2.81. The van der Waals surface area contributed by atoms with E-state index < -0.39 is 6.10 Å². The van der Waals surface area contributed by atoms with Crippen LogP contribution in [0.15, 0.2) is 36.0 Å². The minimum Gasteiger partial charge on any atom is -0.481 e. The van der Waals surface area contributed by atoms with E-state index in [9.17, 15) is 4.79 Å².